The lowest BCUT2D eigenvalue weighted by molar-refractivity contribution is 0.754. The van der Waals surface area contributed by atoms with E-state index in [0.29, 0.717) is 16.1 Å². The number of fused-ring (bicyclic) bond motifs is 1. The lowest BCUT2D eigenvalue weighted by Crippen LogP contribution is -2.15. The molecule has 19 heavy (non-hydrogen) atoms. The molecular weight excluding hydrogens is 301 g/mol. The third-order valence-corrected chi connectivity index (χ3v) is 4.26. The Morgan fingerprint density at radius 3 is 2.32 bits per heavy atom. The van der Waals surface area contributed by atoms with E-state index in [1.54, 1.807) is 23.9 Å². The summed E-state index contributed by atoms with van der Waals surface area (Å²) >= 11 is 13.6. The van der Waals surface area contributed by atoms with Crippen molar-refractivity contribution in [1.29, 1.82) is 0 Å². The van der Waals surface area contributed by atoms with Crippen LogP contribution in [0.15, 0.2) is 17.2 Å². The van der Waals surface area contributed by atoms with Gasteiger partial charge in [0.25, 0.3) is 0 Å². The molecule has 0 saturated heterocycles. The maximum absolute atomic E-state index is 6.02. The third kappa shape index (κ3) is 3.25. The smallest absolute Gasteiger partial charge is 0.159 e. The van der Waals surface area contributed by atoms with E-state index in [1.165, 1.54) is 0 Å². The van der Waals surface area contributed by atoms with Crippen LogP contribution in [0.3, 0.4) is 0 Å². The monoisotopic (exact) mass is 315 g/mol. The summed E-state index contributed by atoms with van der Waals surface area (Å²) in [5.74, 6) is 0.799. The zero-order valence-electron chi connectivity index (χ0n) is 11.0. The Morgan fingerprint density at radius 2 is 1.79 bits per heavy atom. The highest BCUT2D eigenvalue weighted by molar-refractivity contribution is 7.98. The summed E-state index contributed by atoms with van der Waals surface area (Å²) in [4.78, 5) is 9.18. The first-order chi connectivity index (χ1) is 9.05. The van der Waals surface area contributed by atoms with Crippen LogP contribution in [0.2, 0.25) is 10.0 Å². The molecule has 0 fully saturated rings. The minimum atomic E-state index is 0.348. The molecule has 1 aromatic heterocycles. The maximum Gasteiger partial charge on any atom is 0.159 e. The largest absolute Gasteiger partial charge is 0.365 e. The van der Waals surface area contributed by atoms with Crippen molar-refractivity contribution < 1.29 is 0 Å². The summed E-state index contributed by atoms with van der Waals surface area (Å²) < 4.78 is 0. The average Bonchev–Trinajstić information content (AvgIpc) is 2.39. The van der Waals surface area contributed by atoms with E-state index in [-0.39, 0.29) is 0 Å². The minimum absolute atomic E-state index is 0.348. The first-order valence-corrected chi connectivity index (χ1v) is 8.00. The topological polar surface area (TPSA) is 37.8 Å². The molecule has 0 aliphatic heterocycles. The number of hydrogen-bond donors (Lipinski definition) is 1. The van der Waals surface area contributed by atoms with Gasteiger partial charge in [0.1, 0.15) is 5.03 Å². The zero-order chi connectivity index (χ0) is 14.0. The number of aromatic nitrogens is 2. The van der Waals surface area contributed by atoms with E-state index in [2.05, 4.69) is 29.1 Å². The van der Waals surface area contributed by atoms with Gasteiger partial charge in [-0.15, -0.1) is 11.8 Å². The van der Waals surface area contributed by atoms with Crippen LogP contribution in [0.25, 0.3) is 11.0 Å². The van der Waals surface area contributed by atoms with E-state index in [1.807, 2.05) is 6.26 Å². The molecule has 2 rings (SSSR count). The Bertz CT molecular complexity index is 604. The highest BCUT2D eigenvalue weighted by Gasteiger charge is 2.11. The SMILES string of the molecule is CCC(C)Nc1nc2cc(Cl)c(Cl)cc2nc1SC. The maximum atomic E-state index is 6.02. The molecular formula is C13H15Cl2N3S. The first-order valence-electron chi connectivity index (χ1n) is 6.02. The fourth-order valence-electron chi connectivity index (χ4n) is 1.61. The van der Waals surface area contributed by atoms with Crippen LogP contribution in [-0.4, -0.2) is 22.3 Å². The number of anilines is 1. The molecule has 1 unspecified atom stereocenters. The van der Waals surface area contributed by atoms with Crippen LogP contribution in [0, 0.1) is 0 Å². The molecule has 1 heterocycles. The lowest BCUT2D eigenvalue weighted by atomic mass is 10.2. The minimum Gasteiger partial charge on any atom is -0.365 e. The van der Waals surface area contributed by atoms with Gasteiger partial charge < -0.3 is 5.32 Å². The van der Waals surface area contributed by atoms with Crippen molar-refractivity contribution in [1.82, 2.24) is 9.97 Å². The van der Waals surface area contributed by atoms with Crippen molar-refractivity contribution >= 4 is 51.8 Å². The standard InChI is InChI=1S/C13H15Cl2N3S/c1-4-7(2)16-12-13(19-3)18-11-6-9(15)8(14)5-10(11)17-12/h5-7H,4H2,1-3H3,(H,16,17). The first kappa shape index (κ1) is 14.7. The van der Waals surface area contributed by atoms with Gasteiger partial charge in [0, 0.05) is 6.04 Å². The Labute approximate surface area is 127 Å². The molecule has 3 nitrogen and oxygen atoms in total. The van der Waals surface area contributed by atoms with Gasteiger partial charge in [-0.2, -0.15) is 0 Å². The molecule has 1 N–H and O–H groups in total. The van der Waals surface area contributed by atoms with E-state index < -0.39 is 0 Å². The van der Waals surface area contributed by atoms with Gasteiger partial charge in [-0.1, -0.05) is 30.1 Å². The summed E-state index contributed by atoms with van der Waals surface area (Å²) in [7, 11) is 0. The van der Waals surface area contributed by atoms with Gasteiger partial charge in [-0.3, -0.25) is 0 Å². The van der Waals surface area contributed by atoms with Crippen molar-refractivity contribution in [3.05, 3.63) is 22.2 Å². The van der Waals surface area contributed by atoms with Crippen molar-refractivity contribution in [3.8, 4) is 0 Å². The molecule has 0 aliphatic rings. The average molecular weight is 316 g/mol. The predicted molar refractivity (Wildman–Crippen MR) is 84.7 cm³/mol. The van der Waals surface area contributed by atoms with Gasteiger partial charge in [0.15, 0.2) is 5.82 Å². The molecule has 2 aromatic rings. The predicted octanol–water partition coefficient (Wildman–Crippen LogP) is 4.87. The second kappa shape index (κ2) is 6.16. The number of rotatable bonds is 4. The van der Waals surface area contributed by atoms with E-state index >= 15 is 0 Å². The Balaban J connectivity index is 2.54. The second-order valence-electron chi connectivity index (χ2n) is 4.29. The van der Waals surface area contributed by atoms with Crippen molar-refractivity contribution in [2.24, 2.45) is 0 Å². The normalized spacial score (nSPS) is 12.7. The molecule has 0 aliphatic carbocycles. The Morgan fingerprint density at radius 1 is 1.21 bits per heavy atom. The van der Waals surface area contributed by atoms with Gasteiger partial charge >= 0.3 is 0 Å². The highest BCUT2D eigenvalue weighted by atomic mass is 35.5. The highest BCUT2D eigenvalue weighted by Crippen LogP contribution is 2.30. The summed E-state index contributed by atoms with van der Waals surface area (Å²) in [6.07, 6.45) is 3.00. The van der Waals surface area contributed by atoms with Crippen molar-refractivity contribution in [2.45, 2.75) is 31.3 Å². The Hall–Kier alpha value is -0.710. The number of benzene rings is 1. The van der Waals surface area contributed by atoms with E-state index in [4.69, 9.17) is 23.2 Å². The number of nitrogens with zero attached hydrogens (tertiary/aromatic N) is 2. The number of halogens is 2. The van der Waals surface area contributed by atoms with Crippen LogP contribution in [-0.2, 0) is 0 Å². The third-order valence-electron chi connectivity index (χ3n) is 2.86. The molecule has 1 atom stereocenters. The van der Waals surface area contributed by atoms with Gasteiger partial charge in [-0.25, -0.2) is 9.97 Å². The number of nitrogens with one attached hydrogen (secondary N) is 1. The summed E-state index contributed by atoms with van der Waals surface area (Å²) in [6, 6.07) is 3.84. The van der Waals surface area contributed by atoms with Crippen LogP contribution in [0.4, 0.5) is 5.82 Å². The van der Waals surface area contributed by atoms with Crippen LogP contribution < -0.4 is 5.32 Å². The number of hydrogen-bond acceptors (Lipinski definition) is 4. The zero-order valence-corrected chi connectivity index (χ0v) is 13.3. The molecule has 0 radical (unpaired) electrons. The Kier molecular flexibility index (Phi) is 4.76. The molecule has 102 valence electrons. The molecule has 0 spiro atoms. The summed E-state index contributed by atoms with van der Waals surface area (Å²) in [5, 5.41) is 5.23. The summed E-state index contributed by atoms with van der Waals surface area (Å²) in [5.41, 5.74) is 1.51. The number of thioether (sulfide) groups is 1. The molecule has 0 saturated carbocycles. The summed E-state index contributed by atoms with van der Waals surface area (Å²) in [6.45, 7) is 4.24. The molecule has 6 heteroatoms. The molecule has 1 aromatic carbocycles. The fraction of sp³-hybridized carbons (Fsp3) is 0.385. The molecule has 0 bridgehead atoms. The van der Waals surface area contributed by atoms with Crippen molar-refractivity contribution in [3.63, 3.8) is 0 Å². The van der Waals surface area contributed by atoms with E-state index in [0.717, 1.165) is 28.3 Å². The molecule has 0 amide bonds. The quantitative estimate of drug-likeness (QED) is 0.817. The van der Waals surface area contributed by atoms with E-state index in [9.17, 15) is 0 Å². The van der Waals surface area contributed by atoms with Gasteiger partial charge in [0.05, 0.1) is 21.1 Å². The van der Waals surface area contributed by atoms with Crippen LogP contribution in [0.1, 0.15) is 20.3 Å². The van der Waals surface area contributed by atoms with Crippen LogP contribution >= 0.6 is 35.0 Å². The second-order valence-corrected chi connectivity index (χ2v) is 5.90. The van der Waals surface area contributed by atoms with Gasteiger partial charge in [-0.05, 0) is 31.7 Å². The van der Waals surface area contributed by atoms with Crippen molar-refractivity contribution in [2.75, 3.05) is 11.6 Å². The van der Waals surface area contributed by atoms with Gasteiger partial charge in [0.2, 0.25) is 0 Å². The van der Waals surface area contributed by atoms with Crippen LogP contribution in [0.5, 0.6) is 0 Å². The fourth-order valence-corrected chi connectivity index (χ4v) is 2.41. The lowest BCUT2D eigenvalue weighted by Gasteiger charge is -2.15.